The van der Waals surface area contributed by atoms with E-state index >= 15 is 0 Å². The zero-order valence-electron chi connectivity index (χ0n) is 16.8. The van der Waals surface area contributed by atoms with Crippen LogP contribution in [0, 0.1) is 0 Å². The van der Waals surface area contributed by atoms with Crippen molar-refractivity contribution in [1.82, 2.24) is 19.7 Å². The first-order valence-electron chi connectivity index (χ1n) is 9.78. The summed E-state index contributed by atoms with van der Waals surface area (Å²) < 4.78 is 1.92. The predicted octanol–water partition coefficient (Wildman–Crippen LogP) is 5.28. The van der Waals surface area contributed by atoms with Gasteiger partial charge in [-0.25, -0.2) is 0 Å². The Morgan fingerprint density at radius 3 is 2.52 bits per heavy atom. The van der Waals surface area contributed by atoms with Crippen LogP contribution < -0.4 is 5.32 Å². The summed E-state index contributed by atoms with van der Waals surface area (Å²) >= 11 is 7.40. The van der Waals surface area contributed by atoms with E-state index in [1.54, 1.807) is 12.4 Å². The number of anilines is 1. The summed E-state index contributed by atoms with van der Waals surface area (Å²) in [7, 11) is 0. The Balaban J connectivity index is 1.59. The summed E-state index contributed by atoms with van der Waals surface area (Å²) in [6.07, 6.45) is 4.27. The monoisotopic (exact) mass is 449 g/mol. The summed E-state index contributed by atoms with van der Waals surface area (Å²) in [4.78, 5) is 16.7. The molecule has 0 spiro atoms. The normalized spacial score (nSPS) is 10.8. The number of hydrogen-bond acceptors (Lipinski definition) is 5. The Kier molecular flexibility index (Phi) is 6.64. The van der Waals surface area contributed by atoms with E-state index in [9.17, 15) is 4.79 Å². The van der Waals surface area contributed by atoms with Crippen molar-refractivity contribution in [2.24, 2.45) is 0 Å². The van der Waals surface area contributed by atoms with E-state index in [1.165, 1.54) is 11.8 Å². The SMILES string of the molecule is CCc1ccccc1NC(=O)CSc1nnc(-c2ccncc2)n1-c1ccc(Cl)cc1. The maximum atomic E-state index is 12.6. The summed E-state index contributed by atoms with van der Waals surface area (Å²) in [5.41, 5.74) is 3.68. The molecule has 156 valence electrons. The molecule has 0 fully saturated rings. The van der Waals surface area contributed by atoms with Gasteiger partial charge < -0.3 is 5.32 Å². The number of rotatable bonds is 7. The minimum Gasteiger partial charge on any atom is -0.325 e. The second-order valence-electron chi connectivity index (χ2n) is 6.70. The van der Waals surface area contributed by atoms with Crippen molar-refractivity contribution >= 4 is 35.0 Å². The van der Waals surface area contributed by atoms with Gasteiger partial charge in [-0.3, -0.25) is 14.3 Å². The smallest absolute Gasteiger partial charge is 0.234 e. The minimum absolute atomic E-state index is 0.0954. The lowest BCUT2D eigenvalue weighted by Crippen LogP contribution is -2.15. The first kappa shape index (κ1) is 21.1. The highest BCUT2D eigenvalue weighted by Gasteiger charge is 2.17. The number of halogens is 1. The number of hydrogen-bond donors (Lipinski definition) is 1. The molecule has 0 bridgehead atoms. The lowest BCUT2D eigenvalue weighted by atomic mass is 10.1. The number of para-hydroxylation sites is 1. The van der Waals surface area contributed by atoms with Crippen LogP contribution in [0.2, 0.25) is 5.02 Å². The molecule has 0 unspecified atom stereocenters. The molecule has 0 aliphatic rings. The summed E-state index contributed by atoms with van der Waals surface area (Å²) in [5, 5.41) is 13.0. The Hall–Kier alpha value is -3.16. The maximum Gasteiger partial charge on any atom is 0.234 e. The molecular weight excluding hydrogens is 430 g/mol. The number of benzene rings is 2. The van der Waals surface area contributed by atoms with E-state index < -0.39 is 0 Å². The molecule has 0 aliphatic heterocycles. The van der Waals surface area contributed by atoms with Gasteiger partial charge in [-0.15, -0.1) is 10.2 Å². The van der Waals surface area contributed by atoms with E-state index in [0.29, 0.717) is 16.0 Å². The molecule has 0 saturated heterocycles. The number of nitrogens with zero attached hydrogens (tertiary/aromatic N) is 4. The van der Waals surface area contributed by atoms with Crippen LogP contribution in [0.15, 0.2) is 78.2 Å². The number of pyridine rings is 1. The van der Waals surface area contributed by atoms with E-state index in [2.05, 4.69) is 27.4 Å². The van der Waals surface area contributed by atoms with E-state index in [4.69, 9.17) is 11.6 Å². The number of carbonyl (C=O) groups is 1. The molecule has 2 aromatic carbocycles. The molecule has 4 aromatic rings. The predicted molar refractivity (Wildman–Crippen MR) is 125 cm³/mol. The lowest BCUT2D eigenvalue weighted by molar-refractivity contribution is -0.113. The molecule has 0 saturated carbocycles. The van der Waals surface area contributed by atoms with Crippen molar-refractivity contribution in [3.05, 3.63) is 83.6 Å². The second kappa shape index (κ2) is 9.76. The average Bonchev–Trinajstić information content (AvgIpc) is 3.23. The summed E-state index contributed by atoms with van der Waals surface area (Å²) in [6.45, 7) is 2.06. The number of aryl methyl sites for hydroxylation is 1. The largest absolute Gasteiger partial charge is 0.325 e. The Bertz CT molecular complexity index is 1180. The van der Waals surface area contributed by atoms with Gasteiger partial charge in [0.15, 0.2) is 11.0 Å². The third kappa shape index (κ3) is 4.95. The fraction of sp³-hybridized carbons (Fsp3) is 0.130. The van der Waals surface area contributed by atoms with Crippen molar-refractivity contribution in [2.75, 3.05) is 11.1 Å². The first-order valence-corrected chi connectivity index (χ1v) is 11.1. The first-order chi connectivity index (χ1) is 15.2. The zero-order chi connectivity index (χ0) is 21.6. The molecule has 1 N–H and O–H groups in total. The fourth-order valence-electron chi connectivity index (χ4n) is 3.14. The van der Waals surface area contributed by atoms with Gasteiger partial charge in [-0.1, -0.05) is 48.5 Å². The highest BCUT2D eigenvalue weighted by molar-refractivity contribution is 7.99. The molecule has 8 heteroatoms. The van der Waals surface area contributed by atoms with Gasteiger partial charge >= 0.3 is 0 Å². The molecule has 2 heterocycles. The van der Waals surface area contributed by atoms with Crippen molar-refractivity contribution < 1.29 is 4.79 Å². The topological polar surface area (TPSA) is 72.7 Å². The van der Waals surface area contributed by atoms with Crippen LogP contribution in [-0.2, 0) is 11.2 Å². The molecule has 1 amide bonds. The second-order valence-corrected chi connectivity index (χ2v) is 8.08. The third-order valence-corrected chi connectivity index (χ3v) is 5.84. The highest BCUT2D eigenvalue weighted by Crippen LogP contribution is 2.28. The van der Waals surface area contributed by atoms with Gasteiger partial charge in [-0.05, 0) is 54.4 Å². The maximum absolute atomic E-state index is 12.6. The van der Waals surface area contributed by atoms with E-state index in [0.717, 1.165) is 28.9 Å². The molecule has 31 heavy (non-hydrogen) atoms. The standard InChI is InChI=1S/C23H20ClN5OS/c1-2-16-5-3-4-6-20(16)26-21(30)15-31-23-28-27-22(17-11-13-25-14-12-17)29(23)19-9-7-18(24)8-10-19/h3-14H,2,15H2,1H3,(H,26,30). The van der Waals surface area contributed by atoms with Crippen molar-refractivity contribution in [1.29, 1.82) is 0 Å². The Morgan fingerprint density at radius 2 is 1.77 bits per heavy atom. The van der Waals surface area contributed by atoms with Gasteiger partial charge in [0.05, 0.1) is 5.75 Å². The molecule has 4 rings (SSSR count). The van der Waals surface area contributed by atoms with E-state index in [-0.39, 0.29) is 11.7 Å². The van der Waals surface area contributed by atoms with Gasteiger partial charge in [0, 0.05) is 34.4 Å². The Morgan fingerprint density at radius 1 is 1.03 bits per heavy atom. The van der Waals surface area contributed by atoms with Crippen LogP contribution in [0.25, 0.3) is 17.1 Å². The lowest BCUT2D eigenvalue weighted by Gasteiger charge is -2.11. The summed E-state index contributed by atoms with van der Waals surface area (Å²) in [5.74, 6) is 0.783. The number of carbonyl (C=O) groups excluding carboxylic acids is 1. The zero-order valence-corrected chi connectivity index (χ0v) is 18.4. The minimum atomic E-state index is -0.0954. The molecule has 0 atom stereocenters. The van der Waals surface area contributed by atoms with Gasteiger partial charge in [0.1, 0.15) is 0 Å². The van der Waals surface area contributed by atoms with Crippen LogP contribution >= 0.6 is 23.4 Å². The van der Waals surface area contributed by atoms with Crippen molar-refractivity contribution in [3.8, 4) is 17.1 Å². The van der Waals surface area contributed by atoms with Crippen molar-refractivity contribution in [2.45, 2.75) is 18.5 Å². The summed E-state index contributed by atoms with van der Waals surface area (Å²) in [6, 6.07) is 19.0. The Labute approximate surface area is 189 Å². The molecule has 0 aliphatic carbocycles. The third-order valence-electron chi connectivity index (χ3n) is 4.66. The van der Waals surface area contributed by atoms with Gasteiger partial charge in [-0.2, -0.15) is 0 Å². The fourth-order valence-corrected chi connectivity index (χ4v) is 4.02. The van der Waals surface area contributed by atoms with Crippen molar-refractivity contribution in [3.63, 3.8) is 0 Å². The molecular formula is C23H20ClN5OS. The average molecular weight is 450 g/mol. The van der Waals surface area contributed by atoms with Crippen LogP contribution in [0.4, 0.5) is 5.69 Å². The molecule has 0 radical (unpaired) electrons. The molecule has 2 aromatic heterocycles. The van der Waals surface area contributed by atoms with Crippen LogP contribution in [0.5, 0.6) is 0 Å². The van der Waals surface area contributed by atoms with E-state index in [1.807, 2.05) is 65.2 Å². The molecule has 6 nitrogen and oxygen atoms in total. The van der Waals surface area contributed by atoms with Crippen LogP contribution in [-0.4, -0.2) is 31.4 Å². The highest BCUT2D eigenvalue weighted by atomic mass is 35.5. The van der Waals surface area contributed by atoms with Crippen LogP contribution in [0.1, 0.15) is 12.5 Å². The number of aromatic nitrogens is 4. The number of thioether (sulfide) groups is 1. The van der Waals surface area contributed by atoms with Gasteiger partial charge in [0.25, 0.3) is 0 Å². The quantitative estimate of drug-likeness (QED) is 0.389. The number of amides is 1. The van der Waals surface area contributed by atoms with Gasteiger partial charge in [0.2, 0.25) is 5.91 Å². The van der Waals surface area contributed by atoms with Crippen LogP contribution in [0.3, 0.4) is 0 Å². The number of nitrogens with one attached hydrogen (secondary N) is 1.